The summed E-state index contributed by atoms with van der Waals surface area (Å²) in [6.45, 7) is 0.392. The second-order valence-electron chi connectivity index (χ2n) is 8.40. The third-order valence-corrected chi connectivity index (χ3v) is 7.52. The molecule has 0 aliphatic rings. The number of ether oxygens (including phenoxy) is 2. The molecule has 4 rings (SSSR count). The van der Waals surface area contributed by atoms with Gasteiger partial charge in [0, 0.05) is 10.5 Å². The lowest BCUT2D eigenvalue weighted by Gasteiger charge is -2.12. The molecule has 0 aromatic heterocycles. The number of benzene rings is 4. The van der Waals surface area contributed by atoms with E-state index in [1.807, 2.05) is 78.9 Å². The van der Waals surface area contributed by atoms with Gasteiger partial charge in [-0.3, -0.25) is 4.79 Å². The van der Waals surface area contributed by atoms with Gasteiger partial charge in [0.2, 0.25) is 0 Å². The normalized spacial score (nSPS) is 11.3. The van der Waals surface area contributed by atoms with Gasteiger partial charge >= 0.3 is 0 Å². The maximum Gasteiger partial charge on any atom is 0.268 e. The molecule has 0 radical (unpaired) electrons. The topological polar surface area (TPSA) is 81.7 Å². The van der Waals surface area contributed by atoms with E-state index in [-0.39, 0.29) is 10.6 Å². The highest BCUT2D eigenvalue weighted by Crippen LogP contribution is 2.27. The third-order valence-electron chi connectivity index (χ3n) is 5.66. The number of carbonyl (C=O) groups excluding carboxylic acids is 1. The molecule has 0 aliphatic heterocycles. The first-order valence-corrected chi connectivity index (χ1v) is 14.0. The fourth-order valence-corrected chi connectivity index (χ4v) is 5.46. The second-order valence-corrected chi connectivity index (χ2v) is 11.0. The predicted octanol–water partition coefficient (Wildman–Crippen LogP) is 6.15. The minimum atomic E-state index is -4.15. The standard InChI is InChI=1S/C30H26BrNO5S/c1-36-28-16-15-26(31)20-29(28)38(34,35)32-30(33)17-14-24-13-12-23(21-37-27-10-6-3-7-11-27)19-25(24)18-22-8-4-2-5-9-22/h2-17,19-20H,18,21H2,1H3,(H,32,33)/b17-14+. The lowest BCUT2D eigenvalue weighted by Crippen LogP contribution is -2.29. The Morgan fingerprint density at radius 3 is 2.32 bits per heavy atom. The lowest BCUT2D eigenvalue weighted by molar-refractivity contribution is -0.114. The Hall–Kier alpha value is -3.88. The summed E-state index contributed by atoms with van der Waals surface area (Å²) in [6, 6.07) is 30.0. The fraction of sp³-hybridized carbons (Fsp3) is 0.100. The van der Waals surface area contributed by atoms with E-state index in [1.54, 1.807) is 12.1 Å². The number of methoxy groups -OCH3 is 1. The molecule has 6 nitrogen and oxygen atoms in total. The smallest absolute Gasteiger partial charge is 0.268 e. The van der Waals surface area contributed by atoms with Crippen LogP contribution >= 0.6 is 15.9 Å². The van der Waals surface area contributed by atoms with Crippen LogP contribution in [-0.4, -0.2) is 21.4 Å². The van der Waals surface area contributed by atoms with E-state index in [9.17, 15) is 13.2 Å². The molecule has 0 spiro atoms. The zero-order valence-electron chi connectivity index (χ0n) is 20.6. The van der Waals surface area contributed by atoms with Gasteiger partial charge in [-0.05, 0) is 65.1 Å². The number of rotatable bonds is 10. The summed E-state index contributed by atoms with van der Waals surface area (Å²) in [7, 11) is -2.78. The van der Waals surface area contributed by atoms with Crippen LogP contribution in [0.4, 0.5) is 0 Å². The number of para-hydroxylation sites is 1. The SMILES string of the molecule is COc1ccc(Br)cc1S(=O)(=O)NC(=O)/C=C/c1ccc(COc2ccccc2)cc1Cc1ccccc1. The fourth-order valence-electron chi connectivity index (χ4n) is 3.81. The van der Waals surface area contributed by atoms with Crippen molar-refractivity contribution in [1.82, 2.24) is 4.72 Å². The van der Waals surface area contributed by atoms with Crippen LogP contribution in [0.3, 0.4) is 0 Å². The van der Waals surface area contributed by atoms with Gasteiger partial charge in [-0.1, -0.05) is 82.7 Å². The van der Waals surface area contributed by atoms with Gasteiger partial charge in [0.15, 0.2) is 0 Å². The first-order chi connectivity index (χ1) is 18.3. The molecule has 1 amide bonds. The minimum absolute atomic E-state index is 0.135. The monoisotopic (exact) mass is 591 g/mol. The number of halogens is 1. The molecule has 0 aliphatic carbocycles. The van der Waals surface area contributed by atoms with Gasteiger partial charge in [-0.15, -0.1) is 0 Å². The summed E-state index contributed by atoms with van der Waals surface area (Å²) >= 11 is 3.26. The molecule has 4 aromatic rings. The predicted molar refractivity (Wildman–Crippen MR) is 152 cm³/mol. The summed E-state index contributed by atoms with van der Waals surface area (Å²) in [4.78, 5) is 12.5. The molecule has 0 saturated carbocycles. The van der Waals surface area contributed by atoms with Crippen LogP contribution < -0.4 is 14.2 Å². The average Bonchev–Trinajstić information content (AvgIpc) is 2.92. The number of nitrogens with one attached hydrogen (secondary N) is 1. The Morgan fingerprint density at radius 1 is 0.895 bits per heavy atom. The molecule has 0 heterocycles. The molecular weight excluding hydrogens is 566 g/mol. The van der Waals surface area contributed by atoms with Crippen molar-refractivity contribution in [3.05, 3.63) is 130 Å². The summed E-state index contributed by atoms with van der Waals surface area (Å²) in [5.41, 5.74) is 3.86. The van der Waals surface area contributed by atoms with Crippen molar-refractivity contribution in [2.45, 2.75) is 17.9 Å². The Labute approximate surface area is 231 Å². The summed E-state index contributed by atoms with van der Waals surface area (Å²) in [5.74, 6) is 0.145. The van der Waals surface area contributed by atoms with Gasteiger partial charge in [0.05, 0.1) is 7.11 Å². The molecule has 0 atom stereocenters. The zero-order valence-corrected chi connectivity index (χ0v) is 23.0. The van der Waals surface area contributed by atoms with Crippen molar-refractivity contribution in [1.29, 1.82) is 0 Å². The van der Waals surface area contributed by atoms with E-state index < -0.39 is 15.9 Å². The molecule has 38 heavy (non-hydrogen) atoms. The van der Waals surface area contributed by atoms with Crippen LogP contribution in [0.15, 0.2) is 113 Å². The van der Waals surface area contributed by atoms with Crippen molar-refractivity contribution >= 4 is 37.9 Å². The first-order valence-electron chi connectivity index (χ1n) is 11.8. The maximum absolute atomic E-state index is 12.8. The van der Waals surface area contributed by atoms with E-state index in [1.165, 1.54) is 25.3 Å². The Morgan fingerprint density at radius 2 is 1.61 bits per heavy atom. The summed E-state index contributed by atoms with van der Waals surface area (Å²) in [6.07, 6.45) is 3.46. The molecule has 8 heteroatoms. The Balaban J connectivity index is 1.55. The number of sulfonamides is 1. The molecule has 194 valence electrons. The van der Waals surface area contributed by atoms with Crippen LogP contribution in [0, 0.1) is 0 Å². The Bertz CT molecular complexity index is 1540. The number of hydrogen-bond donors (Lipinski definition) is 1. The van der Waals surface area contributed by atoms with Gasteiger partial charge in [-0.2, -0.15) is 0 Å². The van der Waals surface area contributed by atoms with Crippen molar-refractivity contribution in [3.63, 3.8) is 0 Å². The molecule has 0 unspecified atom stereocenters. The van der Waals surface area contributed by atoms with Crippen molar-refractivity contribution in [3.8, 4) is 11.5 Å². The van der Waals surface area contributed by atoms with Crippen LogP contribution in [0.25, 0.3) is 6.08 Å². The third kappa shape index (κ3) is 7.34. The Kier molecular flexibility index (Phi) is 8.99. The molecule has 4 aromatic carbocycles. The highest BCUT2D eigenvalue weighted by molar-refractivity contribution is 9.10. The van der Waals surface area contributed by atoms with Gasteiger partial charge in [-0.25, -0.2) is 13.1 Å². The molecule has 0 bridgehead atoms. The van der Waals surface area contributed by atoms with E-state index >= 15 is 0 Å². The van der Waals surface area contributed by atoms with Gasteiger partial charge in [0.25, 0.3) is 15.9 Å². The minimum Gasteiger partial charge on any atom is -0.495 e. The van der Waals surface area contributed by atoms with Crippen molar-refractivity contribution < 1.29 is 22.7 Å². The van der Waals surface area contributed by atoms with E-state index in [0.717, 1.165) is 28.0 Å². The van der Waals surface area contributed by atoms with Gasteiger partial charge < -0.3 is 9.47 Å². The first kappa shape index (κ1) is 27.2. The largest absolute Gasteiger partial charge is 0.495 e. The van der Waals surface area contributed by atoms with Crippen LogP contribution in [0.5, 0.6) is 11.5 Å². The van der Waals surface area contributed by atoms with Crippen LogP contribution in [0.2, 0.25) is 0 Å². The molecular formula is C30H26BrNO5S. The highest BCUT2D eigenvalue weighted by atomic mass is 79.9. The number of carbonyl (C=O) groups is 1. The number of hydrogen-bond acceptors (Lipinski definition) is 5. The van der Waals surface area contributed by atoms with Crippen molar-refractivity contribution in [2.75, 3.05) is 7.11 Å². The van der Waals surface area contributed by atoms with E-state index in [0.29, 0.717) is 17.5 Å². The lowest BCUT2D eigenvalue weighted by atomic mass is 9.97. The van der Waals surface area contributed by atoms with Crippen LogP contribution in [-0.2, 0) is 27.8 Å². The van der Waals surface area contributed by atoms with Crippen LogP contribution in [0.1, 0.15) is 22.3 Å². The zero-order chi connectivity index (χ0) is 27.0. The molecule has 1 N–H and O–H groups in total. The average molecular weight is 593 g/mol. The molecule has 0 fully saturated rings. The van der Waals surface area contributed by atoms with Gasteiger partial charge in [0.1, 0.15) is 23.0 Å². The highest BCUT2D eigenvalue weighted by Gasteiger charge is 2.21. The van der Waals surface area contributed by atoms with Crippen molar-refractivity contribution in [2.24, 2.45) is 0 Å². The molecule has 0 saturated heterocycles. The maximum atomic E-state index is 12.8. The number of amides is 1. The summed E-state index contributed by atoms with van der Waals surface area (Å²) in [5, 5.41) is 0. The van der Waals surface area contributed by atoms with E-state index in [4.69, 9.17) is 9.47 Å². The quantitative estimate of drug-likeness (QED) is 0.224. The summed E-state index contributed by atoms with van der Waals surface area (Å²) < 4.78 is 39.4. The van der Waals surface area contributed by atoms with E-state index in [2.05, 4.69) is 20.7 Å². The second kappa shape index (κ2) is 12.6.